The van der Waals surface area contributed by atoms with Crippen LogP contribution < -0.4 is 11.1 Å². The van der Waals surface area contributed by atoms with Crippen molar-refractivity contribution in [2.45, 2.75) is 25.8 Å². The van der Waals surface area contributed by atoms with Gasteiger partial charge in [0.1, 0.15) is 28.7 Å². The molecule has 1 saturated heterocycles. The van der Waals surface area contributed by atoms with E-state index >= 15 is 0 Å². The summed E-state index contributed by atoms with van der Waals surface area (Å²) in [5, 5.41) is 2.77. The van der Waals surface area contributed by atoms with Gasteiger partial charge in [0.05, 0.1) is 6.04 Å². The van der Waals surface area contributed by atoms with Crippen molar-refractivity contribution >= 4 is 42.5 Å². The van der Waals surface area contributed by atoms with Crippen molar-refractivity contribution in [3.8, 4) is 23.1 Å². The van der Waals surface area contributed by atoms with Gasteiger partial charge < -0.3 is 16.0 Å². The first-order valence-corrected chi connectivity index (χ1v) is 11.3. The van der Waals surface area contributed by atoms with Gasteiger partial charge in [0.2, 0.25) is 0 Å². The number of hydrogen-bond donors (Lipinski definition) is 2. The molecule has 9 nitrogen and oxygen atoms in total. The largest absolute Gasteiger partial charge is 0.382 e. The summed E-state index contributed by atoms with van der Waals surface area (Å²) in [5.74, 6) is 6.39. The van der Waals surface area contributed by atoms with Gasteiger partial charge in [-0.25, -0.2) is 15.0 Å². The number of nitrogens with zero attached hydrogens (tertiary/aromatic N) is 5. The molecule has 3 N–H and O–H groups in total. The monoisotopic (exact) mass is 499 g/mol. The minimum absolute atomic E-state index is 0. The predicted octanol–water partition coefficient (Wildman–Crippen LogP) is 3.43. The predicted molar refractivity (Wildman–Crippen MR) is 143 cm³/mol. The second-order valence-electron chi connectivity index (χ2n) is 8.13. The Morgan fingerprint density at radius 3 is 2.64 bits per heavy atom. The molecule has 5 rings (SSSR count). The number of imidazole rings is 1. The highest BCUT2D eigenvalue weighted by Crippen LogP contribution is 2.36. The first kappa shape index (κ1) is 24.8. The Kier molecular flexibility index (Phi) is 7.22. The number of nitrogens with one attached hydrogen (secondary N) is 1. The second kappa shape index (κ2) is 10.5. The molecule has 0 aliphatic carbocycles. The molecule has 1 atom stereocenters. The van der Waals surface area contributed by atoms with E-state index in [-0.39, 0.29) is 31.4 Å². The van der Waals surface area contributed by atoms with Crippen LogP contribution in [0.15, 0.2) is 61.1 Å². The van der Waals surface area contributed by atoms with Gasteiger partial charge in [-0.1, -0.05) is 24.1 Å². The van der Waals surface area contributed by atoms with Gasteiger partial charge in [0.25, 0.3) is 11.8 Å². The normalized spacial score (nSPS) is 14.6. The molecule has 0 unspecified atom stereocenters. The molecule has 0 saturated carbocycles. The summed E-state index contributed by atoms with van der Waals surface area (Å²) in [4.78, 5) is 40.3. The fraction of sp³-hybridized carbons (Fsp3) is 0.192. The Morgan fingerprint density at radius 1 is 1.11 bits per heavy atom. The summed E-state index contributed by atoms with van der Waals surface area (Å²) in [5.41, 5.74) is 8.84. The lowest BCUT2D eigenvalue weighted by Gasteiger charge is -2.21. The van der Waals surface area contributed by atoms with Gasteiger partial charge in [-0.3, -0.25) is 14.0 Å². The highest BCUT2D eigenvalue weighted by atomic mass is 32.1. The fourth-order valence-electron chi connectivity index (χ4n) is 4.39. The third kappa shape index (κ3) is 4.61. The molecule has 1 aromatic carbocycles. The maximum atomic E-state index is 12.6. The van der Waals surface area contributed by atoms with E-state index in [0.29, 0.717) is 40.8 Å². The zero-order chi connectivity index (χ0) is 24.4. The maximum absolute atomic E-state index is 12.6. The molecule has 182 valence electrons. The van der Waals surface area contributed by atoms with Crippen molar-refractivity contribution < 1.29 is 9.59 Å². The first-order chi connectivity index (χ1) is 17.1. The standard InChI is InChI=1S/C26H23N7O2.H2S/c1-2-6-21(34)32-15-5-7-19(32)25-31-22(23-24(27)29-14-16-33(23)25)17-9-11-18(12-10-17)26(35)30-20-8-3-4-13-28-20;/h3-4,8-14,16,19H,5,7,15H2,1H3,(H2,27,29)(H,28,30,35);1H2/t19-;/m0./s1. The lowest BCUT2D eigenvalue weighted by molar-refractivity contribution is -0.126. The zero-order valence-corrected chi connectivity index (χ0v) is 20.6. The number of rotatable bonds is 4. The van der Waals surface area contributed by atoms with Crippen LogP contribution in [0.25, 0.3) is 16.8 Å². The number of hydrogen-bond acceptors (Lipinski definition) is 6. The van der Waals surface area contributed by atoms with E-state index in [1.165, 1.54) is 0 Å². The number of pyridine rings is 1. The molecule has 36 heavy (non-hydrogen) atoms. The Hall–Kier alpha value is -4.36. The van der Waals surface area contributed by atoms with Gasteiger partial charge in [-0.2, -0.15) is 13.5 Å². The third-order valence-electron chi connectivity index (χ3n) is 5.98. The lowest BCUT2D eigenvalue weighted by Crippen LogP contribution is -2.30. The van der Waals surface area contributed by atoms with Gasteiger partial charge >= 0.3 is 0 Å². The second-order valence-corrected chi connectivity index (χ2v) is 8.13. The summed E-state index contributed by atoms with van der Waals surface area (Å²) >= 11 is 0. The fourth-order valence-corrected chi connectivity index (χ4v) is 4.39. The van der Waals surface area contributed by atoms with Gasteiger partial charge in [-0.15, -0.1) is 0 Å². The number of nitrogen functional groups attached to an aromatic ring is 1. The van der Waals surface area contributed by atoms with Crippen LogP contribution in [-0.2, 0) is 4.79 Å². The van der Waals surface area contributed by atoms with Crippen LogP contribution in [0.5, 0.6) is 0 Å². The zero-order valence-electron chi connectivity index (χ0n) is 19.6. The third-order valence-corrected chi connectivity index (χ3v) is 5.98. The van der Waals surface area contributed by atoms with E-state index < -0.39 is 0 Å². The van der Waals surface area contributed by atoms with Crippen molar-refractivity contribution in [2.24, 2.45) is 0 Å². The van der Waals surface area contributed by atoms with Crippen molar-refractivity contribution in [2.75, 3.05) is 17.6 Å². The lowest BCUT2D eigenvalue weighted by atomic mass is 10.1. The Bertz CT molecular complexity index is 1470. The number of benzene rings is 1. The quantitative estimate of drug-likeness (QED) is 0.416. The van der Waals surface area contributed by atoms with Gasteiger partial charge in [-0.05, 0) is 50.0 Å². The SMILES string of the molecule is CC#CC(=O)N1CCC[C@H]1c1nc(-c2ccc(C(=O)Nc3ccccn3)cc2)c2c(N)nccn12.S. The summed E-state index contributed by atoms with van der Waals surface area (Å²) in [7, 11) is 0. The first-order valence-electron chi connectivity index (χ1n) is 11.3. The van der Waals surface area contributed by atoms with Crippen LogP contribution >= 0.6 is 13.5 Å². The van der Waals surface area contributed by atoms with Crippen LogP contribution in [0.1, 0.15) is 42.0 Å². The number of carbonyl (C=O) groups is 2. The van der Waals surface area contributed by atoms with E-state index in [2.05, 4.69) is 27.1 Å². The number of likely N-dealkylation sites (tertiary alicyclic amines) is 1. The molecule has 10 heteroatoms. The van der Waals surface area contributed by atoms with Crippen LogP contribution in [0.3, 0.4) is 0 Å². The molecule has 0 radical (unpaired) electrons. The topological polar surface area (TPSA) is 119 Å². The molecular weight excluding hydrogens is 474 g/mol. The smallest absolute Gasteiger partial charge is 0.299 e. The summed E-state index contributed by atoms with van der Waals surface area (Å²) in [6.45, 7) is 2.28. The van der Waals surface area contributed by atoms with Gasteiger partial charge in [0, 0.05) is 36.3 Å². The van der Waals surface area contributed by atoms with Crippen LogP contribution in [0.2, 0.25) is 0 Å². The highest BCUT2D eigenvalue weighted by Gasteiger charge is 2.33. The minimum atomic E-state index is -0.260. The average molecular weight is 500 g/mol. The highest BCUT2D eigenvalue weighted by molar-refractivity contribution is 7.59. The van der Waals surface area contributed by atoms with Crippen molar-refractivity contribution in [3.05, 3.63) is 72.4 Å². The maximum Gasteiger partial charge on any atom is 0.299 e. The molecule has 2 amide bonds. The van der Waals surface area contributed by atoms with Crippen molar-refractivity contribution in [1.29, 1.82) is 0 Å². The van der Waals surface area contributed by atoms with Crippen LogP contribution in [0.4, 0.5) is 11.6 Å². The van der Waals surface area contributed by atoms with E-state index in [4.69, 9.17) is 10.7 Å². The van der Waals surface area contributed by atoms with E-state index in [1.807, 2.05) is 16.5 Å². The molecule has 1 aliphatic heterocycles. The molecule has 4 aromatic rings. The number of fused-ring (bicyclic) bond motifs is 1. The van der Waals surface area contributed by atoms with Crippen molar-refractivity contribution in [3.63, 3.8) is 0 Å². The number of aromatic nitrogens is 4. The molecule has 0 spiro atoms. The Labute approximate surface area is 215 Å². The Morgan fingerprint density at radius 2 is 1.92 bits per heavy atom. The van der Waals surface area contributed by atoms with E-state index in [9.17, 15) is 9.59 Å². The summed E-state index contributed by atoms with van der Waals surface area (Å²) < 4.78 is 1.90. The average Bonchev–Trinajstić information content (AvgIpc) is 3.51. The molecule has 1 aliphatic rings. The minimum Gasteiger partial charge on any atom is -0.382 e. The number of nitrogens with two attached hydrogens (primary N) is 1. The van der Waals surface area contributed by atoms with Crippen LogP contribution in [0, 0.1) is 11.8 Å². The summed E-state index contributed by atoms with van der Waals surface area (Å²) in [6, 6.07) is 12.2. The number of carbonyl (C=O) groups excluding carboxylic acids is 2. The molecule has 0 bridgehead atoms. The molecular formula is C26H25N7O2S. The van der Waals surface area contributed by atoms with E-state index in [1.54, 1.807) is 60.7 Å². The number of amides is 2. The Balaban J connectivity index is 0.00000304. The van der Waals surface area contributed by atoms with E-state index in [0.717, 1.165) is 18.4 Å². The van der Waals surface area contributed by atoms with Gasteiger partial charge in [0.15, 0.2) is 0 Å². The molecule has 4 heterocycles. The molecule has 3 aromatic heterocycles. The van der Waals surface area contributed by atoms with Crippen molar-refractivity contribution in [1.82, 2.24) is 24.3 Å². The summed E-state index contributed by atoms with van der Waals surface area (Å²) in [6.07, 6.45) is 6.69. The molecule has 1 fully saturated rings. The number of anilines is 2. The van der Waals surface area contributed by atoms with Crippen LogP contribution in [-0.4, -0.2) is 42.6 Å².